The number of phenolic OH excluding ortho intramolecular Hbond substituents is 4. The number of aliphatic hydroxyl groups excluding tert-OH is 1. The maximum absolute atomic E-state index is 14.7. The molecular weight excluding hydrogens is 1610 g/mol. The number of thioether (sulfide) groups is 2. The van der Waals surface area contributed by atoms with E-state index in [0.717, 1.165) is 50.1 Å². The Labute approximate surface area is 683 Å². The molecule has 0 amide bonds. The second-order valence-electron chi connectivity index (χ2n) is 30.5. The van der Waals surface area contributed by atoms with Crippen molar-refractivity contribution in [3.05, 3.63) is 147 Å². The van der Waals surface area contributed by atoms with Gasteiger partial charge in [0.1, 0.15) is 48.5 Å². The molecule has 14 aliphatic heterocycles. The monoisotopic (exact) mass is 1700 g/mol. The number of aromatic hydroxyl groups is 4. The molecule has 33 heteroatoms. The van der Waals surface area contributed by atoms with Crippen LogP contribution in [0, 0.1) is 63.0 Å². The summed E-state index contributed by atoms with van der Waals surface area (Å²) in [6, 6.07) is 9.14. The van der Waals surface area contributed by atoms with E-state index in [2.05, 4.69) is 37.5 Å². The standard InChI is InChI=1S/C40H42N4O9S.C39H43N3O10S.2CH4.Ag.HNO3/c1-17-10-23-21(12-27(17)46)7-8-42-40(23)15-54-38-30-29(37-36(51-16-52-37)19(3)35(30)53-20(4)45)26(14-50-39(40)48)44-25(13-41)24-11-22-9-18(2)34(49-6)33(47)28(22)31(32(38)44)43(24)5;1-16-10-22-20(12-25(16)44)7-8-40-39(22)14-53-36-28-27(35-34(50-15-51-35)18(3)33(28)52-19(4)43)24(13-49-38(39)47)42-30(36)29-26-21(11-23(37(42)46)41(29)5)9-17(2)32(48-6)31(26)45;;;;2-1(3)4/h9-10,12,24-26,31-32,38,42,46-47H,7-8,11,14-16H2,1-6H3;9-10,12,23-24,29-30,36-37,40,44-46H,7-8,11,13-15H2,1-6H3;2*1H4;;(H,2,3,4)/t24-,25-,26-,31+,32?,38+,40+;23-,24-,29+,30?,36+,37-,39+;;;;/m00..../s1. The van der Waals surface area contributed by atoms with Crippen molar-refractivity contribution in [1.82, 2.24) is 30.2 Å². The summed E-state index contributed by atoms with van der Waals surface area (Å²) in [4.78, 5) is 72.0. The molecule has 0 aromatic heterocycles. The number of likely N-dealkylation sites (N-methyl/N-ethyl adjacent to an activating group) is 2. The molecule has 0 saturated carbocycles. The van der Waals surface area contributed by atoms with Gasteiger partial charge in [0.25, 0.3) is 5.09 Å². The fourth-order valence-electron chi connectivity index (χ4n) is 20.1. The molecule has 14 heterocycles. The number of aryl methyl sites for hydroxylation is 4. The third-order valence-electron chi connectivity index (χ3n) is 24.7. The van der Waals surface area contributed by atoms with E-state index in [1.165, 1.54) is 37.4 Å². The number of benzene rings is 6. The maximum atomic E-state index is 14.7. The van der Waals surface area contributed by atoms with Crippen molar-refractivity contribution in [3.63, 3.8) is 0 Å². The molecule has 14 aliphatic rings. The first kappa shape index (κ1) is 83.0. The summed E-state index contributed by atoms with van der Waals surface area (Å²) in [5, 5.41) is 88.6. The minimum absolute atomic E-state index is 0. The summed E-state index contributed by atoms with van der Waals surface area (Å²) in [5.74, 6) is 2.20. The van der Waals surface area contributed by atoms with Crippen molar-refractivity contribution in [1.29, 1.82) is 5.26 Å². The fraction of sp³-hybridized carbons (Fsp3) is 0.494. The summed E-state index contributed by atoms with van der Waals surface area (Å²) in [6.45, 7) is 14.4. The van der Waals surface area contributed by atoms with Crippen LogP contribution in [0.1, 0.15) is 164 Å². The summed E-state index contributed by atoms with van der Waals surface area (Å²) < 4.78 is 61.0. The molecular formula is C81H94AgN8O22S2. The van der Waals surface area contributed by atoms with Gasteiger partial charge < -0.3 is 78.1 Å². The normalized spacial score (nSPS) is 28.0. The number of carbonyl (C=O) groups excluding carboxylic acids is 4. The molecule has 20 rings (SSSR count). The molecule has 6 aromatic rings. The number of hydrogen-bond acceptors (Lipinski definition) is 30. The zero-order chi connectivity index (χ0) is 78.8. The quantitative estimate of drug-likeness (QED) is 0.0268. The number of ether oxygens (including phenoxy) is 10. The molecule has 1 radical (unpaired) electrons. The second-order valence-corrected chi connectivity index (χ2v) is 32.7. The van der Waals surface area contributed by atoms with E-state index in [9.17, 15) is 50.0 Å². The number of hydrogen-bond donors (Lipinski definition) is 8. The maximum Gasteiger partial charge on any atom is 0.331 e. The largest absolute Gasteiger partial charge is 0.508 e. The van der Waals surface area contributed by atoms with E-state index >= 15 is 0 Å². The van der Waals surface area contributed by atoms with E-state index in [-0.39, 0.29) is 111 Å². The molecule has 114 heavy (non-hydrogen) atoms. The van der Waals surface area contributed by atoms with Crippen molar-refractivity contribution in [2.45, 2.75) is 178 Å². The average molecular weight is 1700 g/mol. The number of piperazine rings is 2. The predicted molar refractivity (Wildman–Crippen MR) is 411 cm³/mol. The van der Waals surface area contributed by atoms with Crippen LogP contribution in [0.2, 0.25) is 0 Å². The second kappa shape index (κ2) is 30.9. The Morgan fingerprint density at radius 2 is 0.982 bits per heavy atom. The van der Waals surface area contributed by atoms with Crippen LogP contribution in [0.5, 0.6) is 69.0 Å². The molecule has 14 atom stereocenters. The van der Waals surface area contributed by atoms with Crippen LogP contribution in [0.15, 0.2) is 36.4 Å². The Balaban J connectivity index is 0.000000185. The van der Waals surface area contributed by atoms with Crippen LogP contribution in [-0.4, -0.2) is 195 Å². The molecule has 2 spiro atoms. The van der Waals surface area contributed by atoms with Crippen LogP contribution in [0.4, 0.5) is 0 Å². The zero-order valence-electron chi connectivity index (χ0n) is 63.4. The number of aliphatic hydroxyl groups is 1. The Kier molecular flexibility index (Phi) is 22.5. The van der Waals surface area contributed by atoms with Crippen LogP contribution in [-0.2, 0) is 87.8 Å². The number of phenols is 4. The topological polar surface area (TPSA) is 386 Å². The first-order valence-electron chi connectivity index (χ1n) is 36.7. The van der Waals surface area contributed by atoms with Gasteiger partial charge in [-0.25, -0.2) is 9.59 Å². The van der Waals surface area contributed by atoms with Gasteiger partial charge in [0.2, 0.25) is 13.6 Å². The van der Waals surface area contributed by atoms with Crippen LogP contribution >= 0.6 is 23.5 Å². The number of rotatable bonds is 4. The van der Waals surface area contributed by atoms with Crippen molar-refractivity contribution >= 4 is 47.4 Å². The van der Waals surface area contributed by atoms with E-state index in [4.69, 9.17) is 62.7 Å². The molecule has 6 aromatic carbocycles. The molecule has 8 bridgehead atoms. The third-order valence-corrected chi connectivity index (χ3v) is 27.7. The number of nitrogens with one attached hydrogen (secondary N) is 2. The number of methoxy groups -OCH3 is 2. The Morgan fingerprint density at radius 3 is 1.39 bits per heavy atom. The summed E-state index contributed by atoms with van der Waals surface area (Å²) in [5.41, 5.74) is 10.7. The predicted octanol–water partition coefficient (Wildman–Crippen LogP) is 8.92. The number of carbonyl (C=O) groups is 4. The van der Waals surface area contributed by atoms with Gasteiger partial charge in [0, 0.05) is 123 Å². The SMILES string of the molecule is C.C.COc1c(C)cc2c(c1O)[C@@H]1C3[C@@H]4SC[C@]5(NCCc6cc(O)c(C)cc65)C(=O)OC[C@@H](c5c6c(c(C)c(OC(C)=O)c54)OCO6)N3[C@@H](C#N)[C@H](C2)N1C.COc1c(C)cc2c(c1O)[C@@H]1C3[C@@H]4SC[C@]5(NCCc6cc(O)c(C)cc65)C(=O)OC[C@@H](c5c6c(c(C)c(OC(C)=O)c54)OCO6)N3[C@@H](O)[C@H](C2)N1C.O=[N+]([O-])O.[Ag]. The average Bonchev–Trinajstić information content (AvgIpc) is 0.914. The zero-order valence-corrected chi connectivity index (χ0v) is 66.5. The van der Waals surface area contributed by atoms with Crippen LogP contribution in [0.3, 0.4) is 0 Å². The number of nitriles is 1. The van der Waals surface area contributed by atoms with Gasteiger partial charge >= 0.3 is 23.9 Å². The van der Waals surface area contributed by atoms with Crippen LogP contribution < -0.4 is 48.5 Å². The van der Waals surface area contributed by atoms with E-state index in [1.807, 2.05) is 78.7 Å². The van der Waals surface area contributed by atoms with Gasteiger partial charge in [-0.1, -0.05) is 27.0 Å². The molecule has 4 fully saturated rings. The minimum atomic E-state index is -1.50. The van der Waals surface area contributed by atoms with E-state index < -0.39 is 99.1 Å². The van der Waals surface area contributed by atoms with Gasteiger partial charge in [-0.15, -0.1) is 33.6 Å². The molecule has 30 nitrogen and oxygen atoms in total. The van der Waals surface area contributed by atoms with Gasteiger partial charge in [-0.2, -0.15) is 5.26 Å². The Bertz CT molecular complexity index is 5040. The number of fused-ring (bicyclic) bond motifs is 18. The van der Waals surface area contributed by atoms with Gasteiger partial charge in [0.05, 0.1) is 61.0 Å². The third kappa shape index (κ3) is 12.5. The Hall–Kier alpha value is -8.95. The van der Waals surface area contributed by atoms with Crippen molar-refractivity contribution < 1.29 is 125 Å². The molecule has 0 aliphatic carbocycles. The minimum Gasteiger partial charge on any atom is -0.508 e. The van der Waals surface area contributed by atoms with Gasteiger partial charge in [-0.3, -0.25) is 39.8 Å². The molecule has 613 valence electrons. The number of nitrogens with zero attached hydrogens (tertiary/aromatic N) is 6. The molecule has 4 saturated heterocycles. The van der Waals surface area contributed by atoms with Gasteiger partial charge in [-0.05, 0) is 161 Å². The van der Waals surface area contributed by atoms with Gasteiger partial charge in [0.15, 0.2) is 57.1 Å². The van der Waals surface area contributed by atoms with Crippen molar-refractivity contribution in [2.75, 3.05) is 79.7 Å². The first-order chi connectivity index (χ1) is 53.0. The Morgan fingerprint density at radius 1 is 0.588 bits per heavy atom. The van der Waals surface area contributed by atoms with Crippen molar-refractivity contribution in [2.24, 2.45) is 0 Å². The molecule has 8 N–H and O–H groups in total. The van der Waals surface area contributed by atoms with E-state index in [0.29, 0.717) is 135 Å². The summed E-state index contributed by atoms with van der Waals surface area (Å²) in [6.07, 6.45) is 1.17. The first-order valence-corrected chi connectivity index (χ1v) is 38.8. The van der Waals surface area contributed by atoms with Crippen LogP contribution in [0.25, 0.3) is 0 Å². The molecule has 2 unspecified atom stereocenters. The summed E-state index contributed by atoms with van der Waals surface area (Å²) >= 11 is 3.01. The smallest absolute Gasteiger partial charge is 0.331 e. The van der Waals surface area contributed by atoms with E-state index in [1.54, 1.807) is 26.4 Å². The fourth-order valence-corrected chi connectivity index (χ4v) is 23.5. The summed E-state index contributed by atoms with van der Waals surface area (Å²) in [7, 11) is 7.05. The van der Waals surface area contributed by atoms with Crippen molar-refractivity contribution in [3.8, 4) is 75.1 Å². The number of esters is 4.